The molecule has 0 N–H and O–H groups in total. The van der Waals surface area contributed by atoms with Gasteiger partial charge in [0.2, 0.25) is 0 Å². The first-order chi connectivity index (χ1) is 11.2. The highest BCUT2D eigenvalue weighted by molar-refractivity contribution is 7.18. The van der Waals surface area contributed by atoms with Crippen LogP contribution in [-0.2, 0) is 0 Å². The first kappa shape index (κ1) is 12.7. The van der Waals surface area contributed by atoms with Gasteiger partial charge in [-0.2, -0.15) is 4.52 Å². The molecule has 4 heterocycles. The maximum absolute atomic E-state index is 13.1. The molecule has 4 aromatic heterocycles. The number of benzene rings is 1. The third-order valence-corrected chi connectivity index (χ3v) is 5.44. The van der Waals surface area contributed by atoms with E-state index in [2.05, 4.69) is 10.2 Å². The molecule has 0 unspecified atom stereocenters. The SMILES string of the molecule is Cc1sc2nc3c4ccccc4c4nncn4n3c(=O)c2c1C. The lowest BCUT2D eigenvalue weighted by Gasteiger charge is -2.08. The van der Waals surface area contributed by atoms with Gasteiger partial charge in [0.15, 0.2) is 11.3 Å². The molecule has 23 heavy (non-hydrogen) atoms. The largest absolute Gasteiger partial charge is 0.282 e. The highest BCUT2D eigenvalue weighted by atomic mass is 32.1. The van der Waals surface area contributed by atoms with Crippen molar-refractivity contribution in [3.8, 4) is 0 Å². The van der Waals surface area contributed by atoms with Gasteiger partial charge in [-0.05, 0) is 19.4 Å². The highest BCUT2D eigenvalue weighted by Crippen LogP contribution is 2.28. The van der Waals surface area contributed by atoms with Gasteiger partial charge >= 0.3 is 0 Å². The van der Waals surface area contributed by atoms with Crippen LogP contribution >= 0.6 is 11.3 Å². The minimum atomic E-state index is -0.0811. The van der Waals surface area contributed by atoms with Crippen molar-refractivity contribution in [1.82, 2.24) is 24.2 Å². The van der Waals surface area contributed by atoms with Crippen LogP contribution in [0.5, 0.6) is 0 Å². The first-order valence-electron chi connectivity index (χ1n) is 7.20. The maximum Gasteiger partial charge on any atom is 0.282 e. The van der Waals surface area contributed by atoms with Crippen LogP contribution in [0, 0.1) is 13.8 Å². The zero-order valence-electron chi connectivity index (χ0n) is 12.4. The molecule has 0 atom stereocenters. The summed E-state index contributed by atoms with van der Waals surface area (Å²) in [4.78, 5) is 19.8. The lowest BCUT2D eigenvalue weighted by Crippen LogP contribution is -2.21. The average molecular weight is 321 g/mol. The summed E-state index contributed by atoms with van der Waals surface area (Å²) >= 11 is 1.56. The molecule has 1 aromatic carbocycles. The topological polar surface area (TPSA) is 64.6 Å². The second kappa shape index (κ2) is 4.14. The molecule has 112 valence electrons. The summed E-state index contributed by atoms with van der Waals surface area (Å²) in [5.41, 5.74) is 2.20. The summed E-state index contributed by atoms with van der Waals surface area (Å²) in [5, 5.41) is 10.7. The fraction of sp³-hybridized carbons (Fsp3) is 0.125. The zero-order chi connectivity index (χ0) is 15.7. The van der Waals surface area contributed by atoms with Gasteiger partial charge in [-0.15, -0.1) is 21.5 Å². The molecule has 5 rings (SSSR count). The van der Waals surface area contributed by atoms with Crippen molar-refractivity contribution >= 4 is 43.6 Å². The Kier molecular flexibility index (Phi) is 2.29. The Balaban J connectivity index is 2.24. The number of hydrogen-bond acceptors (Lipinski definition) is 5. The third kappa shape index (κ3) is 1.47. The van der Waals surface area contributed by atoms with E-state index in [1.165, 1.54) is 0 Å². The molecular weight excluding hydrogens is 310 g/mol. The Morgan fingerprint density at radius 3 is 2.61 bits per heavy atom. The third-order valence-electron chi connectivity index (χ3n) is 4.34. The van der Waals surface area contributed by atoms with Crippen LogP contribution in [0.4, 0.5) is 0 Å². The minimum Gasteiger partial charge on any atom is -0.267 e. The van der Waals surface area contributed by atoms with Gasteiger partial charge in [0, 0.05) is 15.6 Å². The summed E-state index contributed by atoms with van der Waals surface area (Å²) in [5.74, 6) is 0. The van der Waals surface area contributed by atoms with Gasteiger partial charge < -0.3 is 0 Å². The van der Waals surface area contributed by atoms with Crippen LogP contribution in [0.25, 0.3) is 32.3 Å². The van der Waals surface area contributed by atoms with Crippen LogP contribution in [-0.4, -0.2) is 24.2 Å². The first-order valence-corrected chi connectivity index (χ1v) is 8.01. The van der Waals surface area contributed by atoms with Crippen molar-refractivity contribution in [1.29, 1.82) is 0 Å². The fourth-order valence-corrected chi connectivity index (χ4v) is 4.11. The van der Waals surface area contributed by atoms with Crippen LogP contribution in [0.3, 0.4) is 0 Å². The van der Waals surface area contributed by atoms with Gasteiger partial charge in [-0.1, -0.05) is 24.3 Å². The van der Waals surface area contributed by atoms with Crippen LogP contribution in [0.2, 0.25) is 0 Å². The molecule has 0 aliphatic rings. The molecule has 0 amide bonds. The van der Waals surface area contributed by atoms with Crippen LogP contribution in [0.1, 0.15) is 10.4 Å². The van der Waals surface area contributed by atoms with Crippen LogP contribution in [0.15, 0.2) is 35.4 Å². The number of nitrogens with zero attached hydrogens (tertiary/aromatic N) is 5. The number of rotatable bonds is 0. The minimum absolute atomic E-state index is 0.0811. The monoisotopic (exact) mass is 321 g/mol. The van der Waals surface area contributed by atoms with Crippen molar-refractivity contribution in [3.05, 3.63) is 51.4 Å². The number of thiophene rings is 1. The molecule has 0 aliphatic carbocycles. The van der Waals surface area contributed by atoms with E-state index in [4.69, 9.17) is 4.98 Å². The predicted molar refractivity (Wildman–Crippen MR) is 90.4 cm³/mol. The van der Waals surface area contributed by atoms with E-state index in [1.54, 1.807) is 26.7 Å². The second-order valence-electron chi connectivity index (χ2n) is 5.56. The Bertz CT molecular complexity index is 1310. The Morgan fingerprint density at radius 2 is 1.83 bits per heavy atom. The molecule has 0 spiro atoms. The summed E-state index contributed by atoms with van der Waals surface area (Å²) < 4.78 is 3.25. The molecule has 5 aromatic rings. The molecule has 6 nitrogen and oxygen atoms in total. The van der Waals surface area contributed by atoms with E-state index >= 15 is 0 Å². The Morgan fingerprint density at radius 1 is 1.09 bits per heavy atom. The summed E-state index contributed by atoms with van der Waals surface area (Å²) in [7, 11) is 0. The average Bonchev–Trinajstić information content (AvgIpc) is 3.13. The number of aromatic nitrogens is 5. The van der Waals surface area contributed by atoms with E-state index in [0.717, 1.165) is 26.0 Å². The maximum atomic E-state index is 13.1. The highest BCUT2D eigenvalue weighted by Gasteiger charge is 2.17. The lowest BCUT2D eigenvalue weighted by molar-refractivity contribution is 0.815. The molecule has 0 fully saturated rings. The zero-order valence-corrected chi connectivity index (χ0v) is 13.3. The predicted octanol–water partition coefficient (Wildman–Crippen LogP) is 2.72. The van der Waals surface area contributed by atoms with Gasteiger partial charge in [0.25, 0.3) is 5.56 Å². The van der Waals surface area contributed by atoms with Crippen molar-refractivity contribution in [3.63, 3.8) is 0 Å². The van der Waals surface area contributed by atoms with Gasteiger partial charge in [-0.3, -0.25) is 4.79 Å². The number of fused-ring (bicyclic) bond motifs is 7. The van der Waals surface area contributed by atoms with Crippen molar-refractivity contribution in [2.45, 2.75) is 13.8 Å². The second-order valence-corrected chi connectivity index (χ2v) is 6.76. The van der Waals surface area contributed by atoms with E-state index in [-0.39, 0.29) is 5.56 Å². The van der Waals surface area contributed by atoms with Gasteiger partial charge in [-0.25, -0.2) is 9.50 Å². The quantitative estimate of drug-likeness (QED) is 0.411. The van der Waals surface area contributed by atoms with E-state index < -0.39 is 0 Å². The summed E-state index contributed by atoms with van der Waals surface area (Å²) in [6.07, 6.45) is 1.55. The van der Waals surface area contributed by atoms with Crippen molar-refractivity contribution < 1.29 is 0 Å². The van der Waals surface area contributed by atoms with Gasteiger partial charge in [0.1, 0.15) is 11.2 Å². The number of hydrogen-bond donors (Lipinski definition) is 0. The standard InChI is InChI=1S/C16H11N5OS/c1-8-9(2)23-15-12(8)16(22)21-13(18-15)10-5-3-4-6-11(10)14-19-17-7-20(14)21/h3-7H,1-2H3. The molecule has 0 aliphatic heterocycles. The van der Waals surface area contributed by atoms with E-state index in [1.807, 2.05) is 38.1 Å². The Hall–Kier alpha value is -2.80. The molecule has 0 saturated heterocycles. The summed E-state index contributed by atoms with van der Waals surface area (Å²) in [6.45, 7) is 3.98. The lowest BCUT2D eigenvalue weighted by atomic mass is 10.2. The normalized spacial score (nSPS) is 12.1. The van der Waals surface area contributed by atoms with Crippen molar-refractivity contribution in [2.75, 3.05) is 0 Å². The number of aryl methyl sites for hydroxylation is 2. The molecule has 0 saturated carbocycles. The smallest absolute Gasteiger partial charge is 0.267 e. The van der Waals surface area contributed by atoms with Crippen LogP contribution < -0.4 is 5.56 Å². The van der Waals surface area contributed by atoms with E-state index in [9.17, 15) is 4.79 Å². The summed E-state index contributed by atoms with van der Waals surface area (Å²) in [6, 6.07) is 7.83. The fourth-order valence-electron chi connectivity index (χ4n) is 3.09. The van der Waals surface area contributed by atoms with Crippen molar-refractivity contribution in [2.24, 2.45) is 0 Å². The van der Waals surface area contributed by atoms with E-state index in [0.29, 0.717) is 16.7 Å². The molecule has 7 heteroatoms. The Labute approximate surface area is 133 Å². The molecular formula is C16H11N5OS. The van der Waals surface area contributed by atoms with Gasteiger partial charge in [0.05, 0.1) is 5.39 Å². The molecule has 0 bridgehead atoms. The molecule has 0 radical (unpaired) electrons.